The lowest BCUT2D eigenvalue weighted by molar-refractivity contribution is -0.385. The first kappa shape index (κ1) is 15.5. The summed E-state index contributed by atoms with van der Waals surface area (Å²) in [5.74, 6) is 0. The highest BCUT2D eigenvalue weighted by molar-refractivity contribution is 6.53. The van der Waals surface area contributed by atoms with Crippen LogP contribution in [0, 0.1) is 20.2 Å². The molecule has 0 aliphatic carbocycles. The molecule has 1 saturated heterocycles. The average Bonchev–Trinajstić information content (AvgIpc) is 3.09. The lowest BCUT2D eigenvalue weighted by atomic mass is 10.1. The zero-order valence-corrected chi connectivity index (χ0v) is 12.9. The zero-order chi connectivity index (χ0) is 16.8. The van der Waals surface area contributed by atoms with Gasteiger partial charge in [-0.1, -0.05) is 35.3 Å². The molecule has 0 radical (unpaired) electrons. The summed E-state index contributed by atoms with van der Waals surface area (Å²) in [6, 6.07) is 11.3. The SMILES string of the molecule is O=[N+]([O-])c1ccc(N2C(c3ccccc3[N+](=O)[O-])C2(Cl)Cl)cc1. The summed E-state index contributed by atoms with van der Waals surface area (Å²) in [5, 5.41) is 21.8. The number of non-ortho nitro benzene ring substituents is 1. The quantitative estimate of drug-likeness (QED) is 0.270. The highest BCUT2D eigenvalue weighted by Gasteiger charge is 2.63. The Morgan fingerprint density at radius 3 is 2.13 bits per heavy atom. The Morgan fingerprint density at radius 1 is 0.957 bits per heavy atom. The Kier molecular flexibility index (Phi) is 3.62. The van der Waals surface area contributed by atoms with Gasteiger partial charge in [-0.25, -0.2) is 0 Å². The van der Waals surface area contributed by atoms with Crippen LogP contribution in [0.15, 0.2) is 48.5 Å². The van der Waals surface area contributed by atoms with Crippen LogP contribution < -0.4 is 4.90 Å². The van der Waals surface area contributed by atoms with Gasteiger partial charge in [-0.05, 0) is 18.2 Å². The van der Waals surface area contributed by atoms with Crippen molar-refractivity contribution in [1.82, 2.24) is 0 Å². The minimum absolute atomic E-state index is 0.0624. The van der Waals surface area contributed by atoms with Crippen LogP contribution in [-0.2, 0) is 0 Å². The van der Waals surface area contributed by atoms with E-state index in [1.54, 1.807) is 23.1 Å². The van der Waals surface area contributed by atoms with Gasteiger partial charge in [-0.15, -0.1) is 0 Å². The van der Waals surface area contributed by atoms with E-state index < -0.39 is 20.3 Å². The normalized spacial score (nSPS) is 18.5. The van der Waals surface area contributed by atoms with Crippen molar-refractivity contribution in [3.63, 3.8) is 0 Å². The molecule has 0 bridgehead atoms. The number of nitro groups is 2. The fourth-order valence-electron chi connectivity index (χ4n) is 2.51. The van der Waals surface area contributed by atoms with E-state index in [9.17, 15) is 20.2 Å². The van der Waals surface area contributed by atoms with Gasteiger partial charge in [-0.2, -0.15) is 0 Å². The smallest absolute Gasteiger partial charge is 0.274 e. The summed E-state index contributed by atoms with van der Waals surface area (Å²) in [4.78, 5) is 22.4. The van der Waals surface area contributed by atoms with Crippen LogP contribution in [0.5, 0.6) is 0 Å². The van der Waals surface area contributed by atoms with E-state index in [0.29, 0.717) is 11.3 Å². The van der Waals surface area contributed by atoms with Crippen molar-refractivity contribution < 1.29 is 9.85 Å². The van der Waals surface area contributed by atoms with E-state index in [0.717, 1.165) is 0 Å². The van der Waals surface area contributed by atoms with Crippen molar-refractivity contribution >= 4 is 40.3 Å². The van der Waals surface area contributed by atoms with Crippen LogP contribution in [0.25, 0.3) is 0 Å². The molecule has 118 valence electrons. The van der Waals surface area contributed by atoms with Gasteiger partial charge in [0.15, 0.2) is 0 Å². The van der Waals surface area contributed by atoms with Crippen LogP contribution in [0.2, 0.25) is 0 Å². The van der Waals surface area contributed by atoms with Crippen molar-refractivity contribution in [2.75, 3.05) is 4.90 Å². The number of anilines is 1. The van der Waals surface area contributed by atoms with Crippen LogP contribution >= 0.6 is 23.2 Å². The fraction of sp³-hybridized carbons (Fsp3) is 0.143. The highest BCUT2D eigenvalue weighted by atomic mass is 35.5. The van der Waals surface area contributed by atoms with Crippen molar-refractivity contribution in [1.29, 1.82) is 0 Å². The van der Waals surface area contributed by atoms with Gasteiger partial charge < -0.3 is 4.90 Å². The Balaban J connectivity index is 1.97. The van der Waals surface area contributed by atoms with E-state index in [2.05, 4.69) is 0 Å². The standard InChI is InChI=1S/C14H9Cl2N3O4/c15-14(16)13(11-3-1-2-4-12(11)19(22)23)17(14)9-5-7-10(8-6-9)18(20)21/h1-8,13H. The minimum atomic E-state index is -1.34. The van der Waals surface area contributed by atoms with E-state index in [1.807, 2.05) is 0 Å². The summed E-state index contributed by atoms with van der Waals surface area (Å²) in [6.07, 6.45) is 0. The third-order valence-electron chi connectivity index (χ3n) is 3.61. The van der Waals surface area contributed by atoms with Crippen molar-refractivity contribution in [2.24, 2.45) is 0 Å². The minimum Gasteiger partial charge on any atom is -0.326 e. The fourth-order valence-corrected chi connectivity index (χ4v) is 3.24. The molecule has 1 fully saturated rings. The molecular weight excluding hydrogens is 345 g/mol. The number of hydrogen-bond acceptors (Lipinski definition) is 5. The summed E-state index contributed by atoms with van der Waals surface area (Å²) in [5.41, 5.74) is 0.796. The Hall–Kier alpha value is -2.38. The third-order valence-corrected chi connectivity index (χ3v) is 4.38. The highest BCUT2D eigenvalue weighted by Crippen LogP contribution is 2.62. The molecular formula is C14H9Cl2N3O4. The number of alkyl halides is 2. The predicted molar refractivity (Wildman–Crippen MR) is 85.8 cm³/mol. The molecule has 0 saturated carbocycles. The molecule has 0 spiro atoms. The second-order valence-corrected chi connectivity index (χ2v) is 6.30. The van der Waals surface area contributed by atoms with Crippen LogP contribution in [-0.4, -0.2) is 14.3 Å². The third kappa shape index (κ3) is 2.58. The van der Waals surface area contributed by atoms with Crippen LogP contribution in [0.1, 0.15) is 11.6 Å². The number of para-hydroxylation sites is 1. The second kappa shape index (κ2) is 5.36. The molecule has 7 nitrogen and oxygen atoms in total. The van der Waals surface area contributed by atoms with Crippen molar-refractivity contribution in [2.45, 2.75) is 10.5 Å². The number of hydrogen-bond donors (Lipinski definition) is 0. The largest absolute Gasteiger partial charge is 0.326 e. The maximum atomic E-state index is 11.2. The lowest BCUT2D eigenvalue weighted by Gasteiger charge is -2.06. The average molecular weight is 354 g/mol. The van der Waals surface area contributed by atoms with Gasteiger partial charge in [0.2, 0.25) is 4.46 Å². The van der Waals surface area contributed by atoms with E-state index in [-0.39, 0.29) is 11.4 Å². The maximum absolute atomic E-state index is 11.2. The molecule has 1 atom stereocenters. The summed E-state index contributed by atoms with van der Waals surface area (Å²) < 4.78 is -1.34. The summed E-state index contributed by atoms with van der Waals surface area (Å²) in [6.45, 7) is 0. The molecule has 3 rings (SSSR count). The second-order valence-electron chi connectivity index (χ2n) is 4.95. The number of benzene rings is 2. The van der Waals surface area contributed by atoms with Crippen molar-refractivity contribution in [3.05, 3.63) is 74.3 Å². The molecule has 9 heteroatoms. The molecule has 0 amide bonds. The number of halogens is 2. The lowest BCUT2D eigenvalue weighted by Crippen LogP contribution is -2.01. The number of nitro benzene ring substituents is 2. The summed E-state index contributed by atoms with van der Waals surface area (Å²) in [7, 11) is 0. The molecule has 0 N–H and O–H groups in total. The molecule has 1 aliphatic heterocycles. The first-order valence-electron chi connectivity index (χ1n) is 6.49. The van der Waals surface area contributed by atoms with Gasteiger partial charge in [-0.3, -0.25) is 20.2 Å². The molecule has 1 heterocycles. The molecule has 1 unspecified atom stereocenters. The summed E-state index contributed by atoms with van der Waals surface area (Å²) >= 11 is 12.5. The Labute approximate surface area is 140 Å². The van der Waals surface area contributed by atoms with E-state index >= 15 is 0 Å². The Bertz CT molecular complexity index is 795. The van der Waals surface area contributed by atoms with Gasteiger partial charge in [0.1, 0.15) is 6.04 Å². The first-order chi connectivity index (χ1) is 10.8. The monoisotopic (exact) mass is 353 g/mol. The molecule has 2 aromatic carbocycles. The van der Waals surface area contributed by atoms with Gasteiger partial charge in [0.25, 0.3) is 11.4 Å². The van der Waals surface area contributed by atoms with Gasteiger partial charge >= 0.3 is 0 Å². The molecule has 2 aromatic rings. The molecule has 0 aromatic heterocycles. The van der Waals surface area contributed by atoms with Gasteiger partial charge in [0.05, 0.1) is 15.4 Å². The predicted octanol–water partition coefficient (Wildman–Crippen LogP) is 4.20. The van der Waals surface area contributed by atoms with E-state index in [4.69, 9.17) is 23.2 Å². The number of nitrogens with zero attached hydrogens (tertiary/aromatic N) is 3. The topological polar surface area (TPSA) is 89.3 Å². The Morgan fingerprint density at radius 2 is 1.57 bits per heavy atom. The van der Waals surface area contributed by atoms with E-state index in [1.165, 1.54) is 30.3 Å². The van der Waals surface area contributed by atoms with Crippen molar-refractivity contribution in [3.8, 4) is 0 Å². The number of rotatable bonds is 4. The van der Waals surface area contributed by atoms with Crippen LogP contribution in [0.4, 0.5) is 17.1 Å². The maximum Gasteiger partial charge on any atom is 0.274 e. The van der Waals surface area contributed by atoms with Gasteiger partial charge in [0, 0.05) is 23.9 Å². The zero-order valence-electron chi connectivity index (χ0n) is 11.4. The first-order valence-corrected chi connectivity index (χ1v) is 7.24. The molecule has 1 aliphatic rings. The van der Waals surface area contributed by atoms with Crippen LogP contribution in [0.3, 0.4) is 0 Å². The molecule has 23 heavy (non-hydrogen) atoms.